The van der Waals surface area contributed by atoms with Crippen molar-refractivity contribution < 1.29 is 37.3 Å². The molecular weight excluding hydrogens is 475 g/mol. The summed E-state index contributed by atoms with van der Waals surface area (Å²) in [6, 6.07) is 11.8. The predicted molar refractivity (Wildman–Crippen MR) is 129 cm³/mol. The number of carboxylic acids is 1. The lowest BCUT2D eigenvalue weighted by atomic mass is 9.81. The van der Waals surface area contributed by atoms with Crippen molar-refractivity contribution in [2.75, 3.05) is 7.11 Å². The number of hydrogen-bond donors (Lipinski definition) is 2. The number of benzene rings is 3. The molecule has 0 aliphatic rings. The first-order chi connectivity index (χ1) is 16.9. The van der Waals surface area contributed by atoms with Crippen LogP contribution in [0.4, 0.5) is 13.2 Å². The number of carbonyl (C=O) groups excluding carboxylic acids is 1. The molecule has 192 valence electrons. The minimum Gasteiger partial charge on any atom is -0.497 e. The molecule has 0 heterocycles. The van der Waals surface area contributed by atoms with Crippen molar-refractivity contribution in [1.82, 2.24) is 5.32 Å². The summed E-state index contributed by atoms with van der Waals surface area (Å²) >= 11 is 0. The molecule has 3 aromatic rings. The highest BCUT2D eigenvalue weighted by atomic mass is 19.4. The van der Waals surface area contributed by atoms with Crippen LogP contribution >= 0.6 is 0 Å². The average molecular weight is 504 g/mol. The van der Waals surface area contributed by atoms with Crippen LogP contribution in [0.2, 0.25) is 0 Å². The van der Waals surface area contributed by atoms with Crippen molar-refractivity contribution in [2.24, 2.45) is 5.41 Å². The van der Waals surface area contributed by atoms with Crippen molar-refractivity contribution in [3.63, 3.8) is 0 Å². The fourth-order valence-corrected chi connectivity index (χ4v) is 3.69. The highest BCUT2D eigenvalue weighted by molar-refractivity contribution is 6.05. The topological polar surface area (TPSA) is 84.9 Å². The Hall–Kier alpha value is -3.75. The van der Waals surface area contributed by atoms with Gasteiger partial charge in [0.05, 0.1) is 18.2 Å². The lowest BCUT2D eigenvalue weighted by molar-refractivity contribution is -0.142. The third-order valence-corrected chi connectivity index (χ3v) is 6.30. The lowest BCUT2D eigenvalue weighted by Crippen LogP contribution is -2.50. The third-order valence-electron chi connectivity index (χ3n) is 6.30. The summed E-state index contributed by atoms with van der Waals surface area (Å²) < 4.78 is 49.9. The van der Waals surface area contributed by atoms with Crippen LogP contribution in [-0.2, 0) is 17.6 Å². The zero-order valence-corrected chi connectivity index (χ0v) is 20.4. The van der Waals surface area contributed by atoms with Crippen molar-refractivity contribution >= 4 is 22.6 Å². The molecule has 3 aromatic carbocycles. The van der Waals surface area contributed by atoms with Crippen LogP contribution in [0.5, 0.6) is 11.5 Å². The van der Waals surface area contributed by atoms with E-state index in [9.17, 15) is 27.9 Å². The minimum absolute atomic E-state index is 0.105. The Kier molecular flexibility index (Phi) is 7.81. The van der Waals surface area contributed by atoms with E-state index in [-0.39, 0.29) is 17.9 Å². The quantitative estimate of drug-likeness (QED) is 0.371. The van der Waals surface area contributed by atoms with Gasteiger partial charge in [-0.3, -0.25) is 4.79 Å². The van der Waals surface area contributed by atoms with E-state index in [2.05, 4.69) is 5.32 Å². The van der Waals surface area contributed by atoms with Gasteiger partial charge >= 0.3 is 12.1 Å². The van der Waals surface area contributed by atoms with Gasteiger partial charge in [-0.25, -0.2) is 4.79 Å². The molecular formula is C27H28F3NO5. The molecule has 9 heteroatoms. The second-order valence-corrected chi connectivity index (χ2v) is 9.10. The summed E-state index contributed by atoms with van der Waals surface area (Å²) in [5.74, 6) is -1.02. The molecule has 1 amide bonds. The van der Waals surface area contributed by atoms with Gasteiger partial charge in [0.1, 0.15) is 24.1 Å². The average Bonchev–Trinajstić information content (AvgIpc) is 2.84. The highest BCUT2D eigenvalue weighted by Gasteiger charge is 2.36. The van der Waals surface area contributed by atoms with E-state index in [1.165, 1.54) is 25.3 Å². The molecule has 0 aromatic heterocycles. The number of carbonyl (C=O) groups is 2. The molecule has 0 spiro atoms. The summed E-state index contributed by atoms with van der Waals surface area (Å²) in [7, 11) is 1.52. The first kappa shape index (κ1) is 26.8. The molecule has 0 bridgehead atoms. The van der Waals surface area contributed by atoms with Crippen molar-refractivity contribution in [2.45, 2.75) is 46.0 Å². The van der Waals surface area contributed by atoms with Crippen LogP contribution in [0.3, 0.4) is 0 Å². The zero-order chi connectivity index (χ0) is 26.7. The molecule has 0 radical (unpaired) electrons. The molecule has 2 N–H and O–H groups in total. The smallest absolute Gasteiger partial charge is 0.416 e. The van der Waals surface area contributed by atoms with Crippen molar-refractivity contribution in [1.29, 1.82) is 0 Å². The van der Waals surface area contributed by atoms with Crippen LogP contribution in [0, 0.1) is 5.41 Å². The van der Waals surface area contributed by atoms with E-state index < -0.39 is 35.1 Å². The molecule has 0 saturated heterocycles. The number of alkyl halides is 3. The summed E-state index contributed by atoms with van der Waals surface area (Å²) in [5, 5.41) is 13.6. The Morgan fingerprint density at radius 1 is 1.03 bits per heavy atom. The maximum atomic E-state index is 13.3. The number of halogens is 3. The number of hydrogen-bond acceptors (Lipinski definition) is 4. The fourth-order valence-electron chi connectivity index (χ4n) is 3.69. The Morgan fingerprint density at radius 3 is 2.25 bits per heavy atom. The van der Waals surface area contributed by atoms with Crippen LogP contribution in [0.15, 0.2) is 54.6 Å². The fraction of sp³-hybridized carbons (Fsp3) is 0.333. The Morgan fingerprint density at radius 2 is 1.69 bits per heavy atom. The Bertz CT molecular complexity index is 1250. The maximum absolute atomic E-state index is 13.3. The normalized spacial score (nSPS) is 12.8. The van der Waals surface area contributed by atoms with Crippen molar-refractivity contribution in [3.8, 4) is 11.5 Å². The van der Waals surface area contributed by atoms with E-state index in [0.717, 1.165) is 12.1 Å². The number of amides is 1. The van der Waals surface area contributed by atoms with Gasteiger partial charge in [-0.1, -0.05) is 39.0 Å². The summed E-state index contributed by atoms with van der Waals surface area (Å²) in [5.41, 5.74) is -0.914. The van der Waals surface area contributed by atoms with Gasteiger partial charge in [-0.05, 0) is 59.2 Å². The predicted octanol–water partition coefficient (Wildman–Crippen LogP) is 6.07. The second-order valence-electron chi connectivity index (χ2n) is 9.10. The summed E-state index contributed by atoms with van der Waals surface area (Å²) in [6.45, 7) is 5.23. The molecule has 0 aliphatic carbocycles. The van der Waals surface area contributed by atoms with Gasteiger partial charge < -0.3 is 19.9 Å². The van der Waals surface area contributed by atoms with E-state index in [1.54, 1.807) is 38.1 Å². The van der Waals surface area contributed by atoms with Crippen molar-refractivity contribution in [3.05, 3.63) is 71.3 Å². The van der Waals surface area contributed by atoms with Gasteiger partial charge in [-0.15, -0.1) is 0 Å². The molecule has 0 aliphatic heterocycles. The summed E-state index contributed by atoms with van der Waals surface area (Å²) in [6.07, 6.45) is -3.94. The number of ether oxygens (including phenoxy) is 2. The van der Waals surface area contributed by atoms with E-state index in [1.807, 2.05) is 6.92 Å². The highest BCUT2D eigenvalue weighted by Crippen LogP contribution is 2.34. The Labute approximate surface area is 207 Å². The largest absolute Gasteiger partial charge is 0.497 e. The monoisotopic (exact) mass is 503 g/mol. The third kappa shape index (κ3) is 5.90. The van der Waals surface area contributed by atoms with Gasteiger partial charge in [0.2, 0.25) is 0 Å². The van der Waals surface area contributed by atoms with Gasteiger partial charge in [0, 0.05) is 5.39 Å². The second kappa shape index (κ2) is 10.5. The number of carboxylic acid groups (broad SMARTS) is 1. The molecule has 0 fully saturated rings. The lowest BCUT2D eigenvalue weighted by Gasteiger charge is -2.31. The van der Waals surface area contributed by atoms with Crippen LogP contribution in [0.1, 0.15) is 48.7 Å². The molecule has 6 nitrogen and oxygen atoms in total. The maximum Gasteiger partial charge on any atom is 0.416 e. The van der Waals surface area contributed by atoms with E-state index in [0.29, 0.717) is 28.5 Å². The minimum atomic E-state index is -4.45. The van der Waals surface area contributed by atoms with Crippen LogP contribution in [-0.4, -0.2) is 30.1 Å². The summed E-state index contributed by atoms with van der Waals surface area (Å²) in [4.78, 5) is 25.2. The molecule has 36 heavy (non-hydrogen) atoms. The van der Waals surface area contributed by atoms with Gasteiger partial charge in [0.25, 0.3) is 5.91 Å². The van der Waals surface area contributed by atoms with E-state index in [4.69, 9.17) is 9.47 Å². The molecule has 3 rings (SSSR count). The number of rotatable bonds is 9. The van der Waals surface area contributed by atoms with Crippen LogP contribution < -0.4 is 14.8 Å². The standard InChI is InChI=1S/C27H28F3NO5/c1-5-26(2,3)23(25(33)34)31-24(32)21-12-8-17-14-19(35-4)11-13-20(17)22(21)36-15-16-6-9-18(10-7-16)27(28,29)30/h6-14,23H,5,15H2,1-4H3,(H,31,32)(H,33,34). The molecule has 1 atom stereocenters. The van der Waals surface area contributed by atoms with Gasteiger partial charge in [0.15, 0.2) is 0 Å². The van der Waals surface area contributed by atoms with Gasteiger partial charge in [-0.2, -0.15) is 13.2 Å². The zero-order valence-electron chi connectivity index (χ0n) is 20.4. The molecule has 1 unspecified atom stereocenters. The van der Waals surface area contributed by atoms with E-state index >= 15 is 0 Å². The molecule has 0 saturated carbocycles. The number of fused-ring (bicyclic) bond motifs is 1. The number of aliphatic carboxylic acids is 1. The first-order valence-corrected chi connectivity index (χ1v) is 11.3. The number of methoxy groups -OCH3 is 1. The van der Waals surface area contributed by atoms with Crippen LogP contribution in [0.25, 0.3) is 10.8 Å². The first-order valence-electron chi connectivity index (χ1n) is 11.3. The SMILES string of the molecule is CCC(C)(C)C(NC(=O)c1ccc2cc(OC)ccc2c1OCc1ccc(C(F)(F)F)cc1)C(=O)O. The number of nitrogens with one attached hydrogen (secondary N) is 1. The Balaban J connectivity index is 1.99.